The highest BCUT2D eigenvalue weighted by atomic mass is 19.4. The second-order valence-electron chi connectivity index (χ2n) is 6.52. The van der Waals surface area contributed by atoms with Crippen molar-refractivity contribution in [2.24, 2.45) is 0 Å². The summed E-state index contributed by atoms with van der Waals surface area (Å²) in [5.41, 5.74) is -1.21. The van der Waals surface area contributed by atoms with Crippen molar-refractivity contribution in [1.82, 2.24) is 9.78 Å². The SMILES string of the molecule is CCOC(=O)c1cnn(-c2ccc(C(=O)Nc3cc(C)ccc3F)cc2)c1C(F)(F)F. The summed E-state index contributed by atoms with van der Waals surface area (Å²) in [6.45, 7) is 3.12. The van der Waals surface area contributed by atoms with Gasteiger partial charge in [0.25, 0.3) is 5.91 Å². The van der Waals surface area contributed by atoms with E-state index < -0.39 is 35.1 Å². The predicted molar refractivity (Wildman–Crippen MR) is 104 cm³/mol. The van der Waals surface area contributed by atoms with Crippen LogP contribution in [0.2, 0.25) is 0 Å². The zero-order chi connectivity index (χ0) is 22.8. The average molecular weight is 435 g/mol. The highest BCUT2D eigenvalue weighted by molar-refractivity contribution is 6.04. The van der Waals surface area contributed by atoms with E-state index in [1.165, 1.54) is 43.3 Å². The maximum Gasteiger partial charge on any atom is 0.434 e. The standard InChI is InChI=1S/C21H17F4N3O3/c1-3-31-20(30)15-11-26-28(18(15)21(23,24)25)14-7-5-13(6-8-14)19(29)27-17-10-12(2)4-9-16(17)22/h4-11H,3H2,1-2H3,(H,27,29). The molecule has 6 nitrogen and oxygen atoms in total. The van der Waals surface area contributed by atoms with Gasteiger partial charge in [0.2, 0.25) is 0 Å². The van der Waals surface area contributed by atoms with Crippen LogP contribution in [0.5, 0.6) is 0 Å². The van der Waals surface area contributed by atoms with Gasteiger partial charge in [0, 0.05) is 5.56 Å². The minimum atomic E-state index is -4.88. The van der Waals surface area contributed by atoms with Crippen molar-refractivity contribution in [3.05, 3.63) is 76.9 Å². The Hall–Kier alpha value is -3.69. The molecule has 0 saturated carbocycles. The molecule has 0 aliphatic carbocycles. The van der Waals surface area contributed by atoms with Gasteiger partial charge >= 0.3 is 12.1 Å². The number of anilines is 1. The largest absolute Gasteiger partial charge is 0.462 e. The molecule has 31 heavy (non-hydrogen) atoms. The van der Waals surface area contributed by atoms with Crippen molar-refractivity contribution in [3.8, 4) is 5.69 Å². The normalized spacial score (nSPS) is 11.3. The fourth-order valence-electron chi connectivity index (χ4n) is 2.86. The van der Waals surface area contributed by atoms with Gasteiger partial charge in [-0.1, -0.05) is 6.07 Å². The lowest BCUT2D eigenvalue weighted by Crippen LogP contribution is -2.18. The molecule has 3 rings (SSSR count). The molecule has 0 unspecified atom stereocenters. The molecule has 1 amide bonds. The van der Waals surface area contributed by atoms with Gasteiger partial charge in [-0.05, 0) is 55.8 Å². The molecular weight excluding hydrogens is 418 g/mol. The second kappa shape index (κ2) is 8.58. The smallest absolute Gasteiger partial charge is 0.434 e. The fourth-order valence-corrected chi connectivity index (χ4v) is 2.86. The Balaban J connectivity index is 1.90. The third-order valence-corrected chi connectivity index (χ3v) is 4.28. The van der Waals surface area contributed by atoms with E-state index in [1.54, 1.807) is 13.0 Å². The van der Waals surface area contributed by atoms with Crippen molar-refractivity contribution in [3.63, 3.8) is 0 Å². The molecule has 0 aliphatic heterocycles. The van der Waals surface area contributed by atoms with Gasteiger partial charge in [0.05, 0.1) is 24.2 Å². The Morgan fingerprint density at radius 1 is 1.13 bits per heavy atom. The summed E-state index contributed by atoms with van der Waals surface area (Å²) >= 11 is 0. The van der Waals surface area contributed by atoms with Crippen molar-refractivity contribution < 1.29 is 31.9 Å². The number of aromatic nitrogens is 2. The lowest BCUT2D eigenvalue weighted by atomic mass is 10.1. The van der Waals surface area contributed by atoms with Crippen LogP contribution in [0.3, 0.4) is 0 Å². The number of rotatable bonds is 5. The van der Waals surface area contributed by atoms with E-state index in [0.29, 0.717) is 4.68 Å². The van der Waals surface area contributed by atoms with E-state index in [1.807, 2.05) is 0 Å². The number of halogens is 4. The van der Waals surface area contributed by atoms with Crippen LogP contribution in [0.4, 0.5) is 23.2 Å². The number of nitrogens with one attached hydrogen (secondary N) is 1. The summed E-state index contributed by atoms with van der Waals surface area (Å²) < 4.78 is 59.8. The van der Waals surface area contributed by atoms with Crippen LogP contribution in [-0.2, 0) is 10.9 Å². The minimum Gasteiger partial charge on any atom is -0.462 e. The van der Waals surface area contributed by atoms with E-state index in [0.717, 1.165) is 11.8 Å². The van der Waals surface area contributed by atoms with Gasteiger partial charge in [-0.25, -0.2) is 13.9 Å². The van der Waals surface area contributed by atoms with Gasteiger partial charge in [-0.15, -0.1) is 0 Å². The monoisotopic (exact) mass is 435 g/mol. The van der Waals surface area contributed by atoms with Crippen LogP contribution in [-0.4, -0.2) is 28.3 Å². The van der Waals surface area contributed by atoms with Crippen molar-refractivity contribution >= 4 is 17.6 Å². The topological polar surface area (TPSA) is 73.2 Å². The van der Waals surface area contributed by atoms with Crippen molar-refractivity contribution in [2.45, 2.75) is 20.0 Å². The minimum absolute atomic E-state index is 0.0143. The average Bonchev–Trinajstić information content (AvgIpc) is 3.17. The third-order valence-electron chi connectivity index (χ3n) is 4.28. The second-order valence-corrected chi connectivity index (χ2v) is 6.52. The molecular formula is C21H17F4N3O3. The van der Waals surface area contributed by atoms with Crippen LogP contribution >= 0.6 is 0 Å². The number of amides is 1. The van der Waals surface area contributed by atoms with E-state index in [9.17, 15) is 27.2 Å². The summed E-state index contributed by atoms with van der Waals surface area (Å²) in [6, 6.07) is 9.22. The number of esters is 1. The number of nitrogens with zero attached hydrogens (tertiary/aromatic N) is 2. The Labute approximate surface area is 174 Å². The molecule has 0 radical (unpaired) electrons. The maximum absolute atomic E-state index is 13.8. The zero-order valence-corrected chi connectivity index (χ0v) is 16.5. The first-order chi connectivity index (χ1) is 14.6. The van der Waals surface area contributed by atoms with E-state index in [-0.39, 0.29) is 23.5 Å². The summed E-state index contributed by atoms with van der Waals surface area (Å²) in [4.78, 5) is 24.2. The number of hydrogen-bond donors (Lipinski definition) is 1. The number of carbonyl (C=O) groups is 2. The molecule has 2 aromatic carbocycles. The number of alkyl halides is 3. The zero-order valence-electron chi connectivity index (χ0n) is 16.5. The predicted octanol–water partition coefficient (Wildman–Crippen LogP) is 4.77. The number of benzene rings is 2. The summed E-state index contributed by atoms with van der Waals surface area (Å²) in [7, 11) is 0. The Kier molecular flexibility index (Phi) is 6.09. The lowest BCUT2D eigenvalue weighted by molar-refractivity contribution is -0.143. The first kappa shape index (κ1) is 22.0. The fraction of sp³-hybridized carbons (Fsp3) is 0.190. The Morgan fingerprint density at radius 2 is 1.81 bits per heavy atom. The van der Waals surface area contributed by atoms with Gasteiger partial charge in [-0.3, -0.25) is 4.79 Å². The molecule has 0 atom stereocenters. The lowest BCUT2D eigenvalue weighted by Gasteiger charge is -2.13. The Morgan fingerprint density at radius 3 is 2.42 bits per heavy atom. The first-order valence-electron chi connectivity index (χ1n) is 9.12. The van der Waals surface area contributed by atoms with Crippen LogP contribution in [0.15, 0.2) is 48.7 Å². The van der Waals surface area contributed by atoms with Crippen LogP contribution in [0.1, 0.15) is 38.9 Å². The number of carbonyl (C=O) groups excluding carboxylic acids is 2. The van der Waals surface area contributed by atoms with E-state index in [4.69, 9.17) is 0 Å². The molecule has 0 spiro atoms. The van der Waals surface area contributed by atoms with E-state index in [2.05, 4.69) is 15.2 Å². The summed E-state index contributed by atoms with van der Waals surface area (Å²) in [6.07, 6.45) is -4.10. The highest BCUT2D eigenvalue weighted by Crippen LogP contribution is 2.34. The number of hydrogen-bond acceptors (Lipinski definition) is 4. The molecule has 10 heteroatoms. The molecule has 0 bridgehead atoms. The van der Waals surface area contributed by atoms with Crippen LogP contribution in [0.25, 0.3) is 5.69 Å². The van der Waals surface area contributed by atoms with Gasteiger partial charge in [-0.2, -0.15) is 18.3 Å². The highest BCUT2D eigenvalue weighted by Gasteiger charge is 2.41. The third kappa shape index (κ3) is 4.73. The number of ether oxygens (including phenoxy) is 1. The molecule has 1 N–H and O–H groups in total. The Bertz CT molecular complexity index is 1120. The van der Waals surface area contributed by atoms with Crippen LogP contribution < -0.4 is 5.32 Å². The van der Waals surface area contributed by atoms with Gasteiger partial charge < -0.3 is 10.1 Å². The molecule has 0 aliphatic rings. The van der Waals surface area contributed by atoms with Crippen molar-refractivity contribution in [2.75, 3.05) is 11.9 Å². The molecule has 0 fully saturated rings. The molecule has 1 heterocycles. The first-order valence-corrected chi connectivity index (χ1v) is 9.12. The quantitative estimate of drug-likeness (QED) is 0.463. The van der Waals surface area contributed by atoms with Gasteiger partial charge in [0.15, 0.2) is 5.69 Å². The van der Waals surface area contributed by atoms with Crippen LogP contribution in [0, 0.1) is 12.7 Å². The summed E-state index contributed by atoms with van der Waals surface area (Å²) in [5, 5.41) is 6.08. The van der Waals surface area contributed by atoms with Crippen molar-refractivity contribution in [1.29, 1.82) is 0 Å². The summed E-state index contributed by atoms with van der Waals surface area (Å²) in [5.74, 6) is -2.40. The molecule has 0 saturated heterocycles. The number of aryl methyl sites for hydroxylation is 1. The molecule has 1 aromatic heterocycles. The van der Waals surface area contributed by atoms with E-state index >= 15 is 0 Å². The maximum atomic E-state index is 13.8. The molecule has 3 aromatic rings. The molecule has 162 valence electrons. The van der Waals surface area contributed by atoms with Gasteiger partial charge in [0.1, 0.15) is 11.4 Å².